The number of rotatable bonds is 33. The molecule has 6 atom stereocenters. The molecule has 0 saturated carbocycles. The standard InChI is InChI=1S/C36H70O14/c1-2-3-4-5-6-7-8-9-10-11-12-13-14-34(15-27(43)21-37,16-28(44)22-38)36(19-31(47)25-41,20-32(48)26-42)35(33(49)50,17-29(45)23-39)18-30(46)24-40/h9-10,27-32,37-48H,2-8,11-26H2,1H3,(H,49,50)/b10-9-. The molecule has 0 bridgehead atoms. The Morgan fingerprint density at radius 3 is 1.22 bits per heavy atom. The van der Waals surface area contributed by atoms with Crippen LogP contribution in [0.2, 0.25) is 0 Å². The third-order valence-electron chi connectivity index (χ3n) is 10.4. The fourth-order valence-electron chi connectivity index (χ4n) is 8.09. The molecule has 14 heteroatoms. The van der Waals surface area contributed by atoms with Gasteiger partial charge in [0.1, 0.15) is 0 Å². The van der Waals surface area contributed by atoms with Crippen LogP contribution in [-0.4, -0.2) is 149 Å². The Morgan fingerprint density at radius 1 is 0.500 bits per heavy atom. The second-order valence-electron chi connectivity index (χ2n) is 14.3. The van der Waals surface area contributed by atoms with Gasteiger partial charge < -0.3 is 66.4 Å². The van der Waals surface area contributed by atoms with Crippen LogP contribution < -0.4 is 0 Å². The summed E-state index contributed by atoms with van der Waals surface area (Å²) < 4.78 is 0. The highest BCUT2D eigenvalue weighted by Gasteiger charge is 2.67. The van der Waals surface area contributed by atoms with E-state index in [0.717, 1.165) is 19.3 Å². The van der Waals surface area contributed by atoms with E-state index >= 15 is 0 Å². The van der Waals surface area contributed by atoms with Gasteiger partial charge in [-0.2, -0.15) is 0 Å². The third kappa shape index (κ3) is 15.4. The predicted molar refractivity (Wildman–Crippen MR) is 187 cm³/mol. The first-order valence-corrected chi connectivity index (χ1v) is 18.4. The Hall–Kier alpha value is -1.27. The minimum absolute atomic E-state index is 0.0395. The molecular formula is C36H70O14. The van der Waals surface area contributed by atoms with Crippen molar-refractivity contribution in [3.05, 3.63) is 12.2 Å². The minimum atomic E-state index is -2.48. The highest BCUT2D eigenvalue weighted by molar-refractivity contribution is 5.76. The van der Waals surface area contributed by atoms with Crippen molar-refractivity contribution in [2.75, 3.05) is 39.6 Å². The number of carboxylic acids is 1. The Labute approximate surface area is 297 Å². The van der Waals surface area contributed by atoms with Gasteiger partial charge in [0.25, 0.3) is 0 Å². The summed E-state index contributed by atoms with van der Waals surface area (Å²) >= 11 is 0. The normalized spacial score (nSPS) is 19.6. The van der Waals surface area contributed by atoms with Crippen molar-refractivity contribution in [3.8, 4) is 0 Å². The Kier molecular flexibility index (Phi) is 25.8. The van der Waals surface area contributed by atoms with Gasteiger partial charge in [-0.1, -0.05) is 57.6 Å². The van der Waals surface area contributed by atoms with Gasteiger partial charge in [0.05, 0.1) is 81.7 Å². The summed E-state index contributed by atoms with van der Waals surface area (Å²) in [6.07, 6.45) is -0.591. The molecule has 0 spiro atoms. The molecular weight excluding hydrogens is 656 g/mol. The van der Waals surface area contributed by atoms with Gasteiger partial charge in [0, 0.05) is 0 Å². The first-order chi connectivity index (χ1) is 23.7. The lowest BCUT2D eigenvalue weighted by molar-refractivity contribution is -0.215. The zero-order chi connectivity index (χ0) is 38.2. The van der Waals surface area contributed by atoms with Gasteiger partial charge in [-0.05, 0) is 81.5 Å². The molecule has 50 heavy (non-hydrogen) atoms. The monoisotopic (exact) mass is 726 g/mol. The lowest BCUT2D eigenvalue weighted by Crippen LogP contribution is -2.63. The topological polar surface area (TPSA) is 280 Å². The van der Waals surface area contributed by atoms with E-state index in [2.05, 4.69) is 13.0 Å². The smallest absolute Gasteiger partial charge is 0.310 e. The van der Waals surface area contributed by atoms with Crippen LogP contribution >= 0.6 is 0 Å². The summed E-state index contributed by atoms with van der Waals surface area (Å²) in [5.74, 6) is -1.69. The van der Waals surface area contributed by atoms with E-state index in [1.165, 1.54) is 25.7 Å². The van der Waals surface area contributed by atoms with Crippen molar-refractivity contribution >= 4 is 5.97 Å². The maximum absolute atomic E-state index is 13.7. The Morgan fingerprint density at radius 2 is 0.840 bits per heavy atom. The third-order valence-corrected chi connectivity index (χ3v) is 10.4. The van der Waals surface area contributed by atoms with Crippen LogP contribution in [0.5, 0.6) is 0 Å². The van der Waals surface area contributed by atoms with Gasteiger partial charge in [-0.3, -0.25) is 4.79 Å². The van der Waals surface area contributed by atoms with E-state index in [1.807, 2.05) is 6.08 Å². The molecule has 0 aliphatic rings. The fraction of sp³-hybridized carbons (Fsp3) is 0.917. The van der Waals surface area contributed by atoms with Crippen LogP contribution in [0.3, 0.4) is 0 Å². The van der Waals surface area contributed by atoms with Crippen molar-refractivity contribution in [1.29, 1.82) is 0 Å². The summed E-state index contributed by atoms with van der Waals surface area (Å²) in [7, 11) is 0. The van der Waals surface area contributed by atoms with Gasteiger partial charge in [0.15, 0.2) is 0 Å². The lowest BCUT2D eigenvalue weighted by atomic mass is 9.41. The Balaban J connectivity index is 7.47. The van der Waals surface area contributed by atoms with Crippen molar-refractivity contribution in [2.45, 2.75) is 153 Å². The van der Waals surface area contributed by atoms with Crippen LogP contribution in [0.4, 0.5) is 0 Å². The fourth-order valence-corrected chi connectivity index (χ4v) is 8.09. The van der Waals surface area contributed by atoms with Gasteiger partial charge >= 0.3 is 5.97 Å². The molecule has 0 aromatic carbocycles. The number of aliphatic hydroxyl groups is 12. The van der Waals surface area contributed by atoms with E-state index in [9.17, 15) is 71.2 Å². The number of aliphatic carboxylic acids is 1. The second-order valence-corrected chi connectivity index (χ2v) is 14.3. The van der Waals surface area contributed by atoms with Crippen molar-refractivity contribution < 1.29 is 71.2 Å². The molecule has 0 rings (SSSR count). The molecule has 0 radical (unpaired) electrons. The molecule has 0 amide bonds. The zero-order valence-corrected chi connectivity index (χ0v) is 30.1. The molecule has 0 aliphatic carbocycles. The molecule has 0 heterocycles. The first kappa shape index (κ1) is 48.7. The lowest BCUT2D eigenvalue weighted by Gasteiger charge is -2.62. The second kappa shape index (κ2) is 26.5. The maximum Gasteiger partial charge on any atom is 0.310 e. The van der Waals surface area contributed by atoms with E-state index in [4.69, 9.17) is 0 Å². The molecule has 0 aromatic rings. The number of allylic oxidation sites excluding steroid dienone is 2. The SMILES string of the molecule is CCCCCCCC/C=C\CCCCC(CC(O)CO)(CC(O)CO)C(CC(O)CO)(CC(O)CO)C(CC(O)CO)(CC(O)CO)C(=O)O. The van der Waals surface area contributed by atoms with Crippen LogP contribution in [0.1, 0.15) is 116 Å². The van der Waals surface area contributed by atoms with Crippen molar-refractivity contribution in [3.63, 3.8) is 0 Å². The number of hydrogen-bond donors (Lipinski definition) is 13. The summed E-state index contributed by atoms with van der Waals surface area (Å²) in [5.41, 5.74) is -6.40. The van der Waals surface area contributed by atoms with E-state index in [-0.39, 0.29) is 6.42 Å². The molecule has 0 aromatic heterocycles. The van der Waals surface area contributed by atoms with E-state index in [0.29, 0.717) is 19.3 Å². The van der Waals surface area contributed by atoms with Gasteiger partial charge in [0.2, 0.25) is 0 Å². The first-order valence-electron chi connectivity index (χ1n) is 18.4. The number of carboxylic acid groups (broad SMARTS) is 1. The number of carbonyl (C=O) groups is 1. The Bertz CT molecular complexity index is 851. The van der Waals surface area contributed by atoms with E-state index in [1.54, 1.807) is 0 Å². The van der Waals surface area contributed by atoms with Crippen LogP contribution in [0.15, 0.2) is 12.2 Å². The summed E-state index contributed by atoms with van der Waals surface area (Å²) in [5, 5.41) is 137. The van der Waals surface area contributed by atoms with Crippen LogP contribution in [0.25, 0.3) is 0 Å². The highest BCUT2D eigenvalue weighted by Crippen LogP contribution is 2.66. The molecule has 298 valence electrons. The predicted octanol–water partition coefficient (Wildman–Crippen LogP) is 0.357. The molecule has 0 saturated heterocycles. The average molecular weight is 727 g/mol. The van der Waals surface area contributed by atoms with Gasteiger partial charge in [-0.15, -0.1) is 0 Å². The minimum Gasteiger partial charge on any atom is -0.481 e. The zero-order valence-electron chi connectivity index (χ0n) is 30.1. The maximum atomic E-state index is 13.7. The number of aliphatic hydroxyl groups excluding tert-OH is 12. The average Bonchev–Trinajstić information content (AvgIpc) is 3.10. The summed E-state index contributed by atoms with van der Waals surface area (Å²) in [6.45, 7) is -3.19. The molecule has 14 nitrogen and oxygen atoms in total. The molecule has 0 aliphatic heterocycles. The molecule has 6 unspecified atom stereocenters. The van der Waals surface area contributed by atoms with Crippen molar-refractivity contribution in [2.24, 2.45) is 16.2 Å². The quantitative estimate of drug-likeness (QED) is 0.0321. The van der Waals surface area contributed by atoms with Gasteiger partial charge in [-0.25, -0.2) is 0 Å². The summed E-state index contributed by atoms with van der Waals surface area (Å²) in [6, 6.07) is 0. The highest BCUT2D eigenvalue weighted by atomic mass is 16.4. The largest absolute Gasteiger partial charge is 0.481 e. The van der Waals surface area contributed by atoms with Crippen LogP contribution in [0, 0.1) is 16.2 Å². The summed E-state index contributed by atoms with van der Waals surface area (Å²) in [4.78, 5) is 13.7. The van der Waals surface area contributed by atoms with Crippen LogP contribution in [-0.2, 0) is 4.79 Å². The van der Waals surface area contributed by atoms with Crippen molar-refractivity contribution in [1.82, 2.24) is 0 Å². The van der Waals surface area contributed by atoms with E-state index < -0.39 is 137 Å². The molecule has 13 N–H and O–H groups in total. The number of hydrogen-bond acceptors (Lipinski definition) is 13. The number of unbranched alkanes of at least 4 members (excludes halogenated alkanes) is 8. The molecule has 0 fully saturated rings.